The third-order valence-corrected chi connectivity index (χ3v) is 6.02. The molecule has 1 amide bonds. The lowest BCUT2D eigenvalue weighted by atomic mass is 9.55. The summed E-state index contributed by atoms with van der Waals surface area (Å²) in [4.78, 5) is 21.1. The molecule has 0 aliphatic heterocycles. The van der Waals surface area contributed by atoms with E-state index in [-0.39, 0.29) is 23.5 Å². The summed E-state index contributed by atoms with van der Waals surface area (Å²) in [7, 11) is 0. The number of aromatic nitrogens is 3. The quantitative estimate of drug-likeness (QED) is 0.896. The van der Waals surface area contributed by atoms with Crippen LogP contribution in [0.3, 0.4) is 0 Å². The summed E-state index contributed by atoms with van der Waals surface area (Å²) in [5.41, 5.74) is 1.45. The molecule has 0 saturated heterocycles. The molecule has 0 aromatic carbocycles. The van der Waals surface area contributed by atoms with Gasteiger partial charge in [-0.05, 0) is 38.3 Å². The van der Waals surface area contributed by atoms with E-state index in [1.807, 2.05) is 29.8 Å². The van der Waals surface area contributed by atoms with Gasteiger partial charge in [-0.25, -0.2) is 4.98 Å². The van der Waals surface area contributed by atoms with E-state index in [1.54, 1.807) is 18.7 Å². The van der Waals surface area contributed by atoms with Crippen LogP contribution in [0.4, 0.5) is 0 Å². The SMILES string of the molecule is CCOC1CC(NC(=O)c2cc(-n3ccnc3)ccn2)C12CCCCC2. The molecule has 4 rings (SSSR count). The number of hydrogen-bond donors (Lipinski definition) is 1. The van der Waals surface area contributed by atoms with E-state index < -0.39 is 0 Å². The minimum atomic E-state index is -0.100. The van der Waals surface area contributed by atoms with Crippen molar-refractivity contribution < 1.29 is 9.53 Å². The van der Waals surface area contributed by atoms with Crippen LogP contribution in [0.25, 0.3) is 5.69 Å². The predicted molar refractivity (Wildman–Crippen MR) is 98.2 cm³/mol. The van der Waals surface area contributed by atoms with Crippen LogP contribution in [-0.4, -0.2) is 39.2 Å². The third kappa shape index (κ3) is 3.03. The molecule has 2 saturated carbocycles. The predicted octanol–water partition coefficient (Wildman–Crippen LogP) is 3.13. The fraction of sp³-hybridized carbons (Fsp3) is 0.550. The Kier molecular flexibility index (Phi) is 4.76. The molecule has 6 heteroatoms. The number of ether oxygens (including phenoxy) is 1. The molecule has 1 N–H and O–H groups in total. The summed E-state index contributed by atoms with van der Waals surface area (Å²) in [6.07, 6.45) is 14.2. The van der Waals surface area contributed by atoms with Crippen molar-refractivity contribution in [2.75, 3.05) is 6.61 Å². The molecule has 2 aromatic rings. The summed E-state index contributed by atoms with van der Waals surface area (Å²) in [5.74, 6) is -0.100. The number of imidazole rings is 1. The molecule has 0 radical (unpaired) electrons. The highest BCUT2D eigenvalue weighted by atomic mass is 16.5. The van der Waals surface area contributed by atoms with Crippen LogP contribution >= 0.6 is 0 Å². The van der Waals surface area contributed by atoms with Crippen LogP contribution in [0.15, 0.2) is 37.1 Å². The maximum Gasteiger partial charge on any atom is 0.270 e. The van der Waals surface area contributed by atoms with Crippen LogP contribution < -0.4 is 5.32 Å². The Balaban J connectivity index is 1.49. The van der Waals surface area contributed by atoms with Crippen molar-refractivity contribution in [3.05, 3.63) is 42.7 Å². The highest BCUT2D eigenvalue weighted by molar-refractivity contribution is 5.93. The molecular formula is C20H26N4O2. The average molecular weight is 354 g/mol. The van der Waals surface area contributed by atoms with Gasteiger partial charge >= 0.3 is 0 Å². The standard InChI is InChI=1S/C20H26N4O2/c1-2-26-18-13-17(20(18)7-4-3-5-8-20)23-19(25)16-12-15(6-9-22-16)24-11-10-21-14-24/h6,9-12,14,17-18H,2-5,7-8,13H2,1H3,(H,23,25). The van der Waals surface area contributed by atoms with Gasteiger partial charge in [0.1, 0.15) is 5.69 Å². The number of nitrogens with one attached hydrogen (secondary N) is 1. The zero-order valence-corrected chi connectivity index (χ0v) is 15.2. The second-order valence-corrected chi connectivity index (χ2v) is 7.37. The number of carbonyl (C=O) groups excluding carboxylic acids is 1. The van der Waals surface area contributed by atoms with E-state index in [0.717, 1.165) is 31.6 Å². The molecule has 2 atom stereocenters. The maximum atomic E-state index is 12.8. The van der Waals surface area contributed by atoms with E-state index in [2.05, 4.69) is 15.3 Å². The van der Waals surface area contributed by atoms with Crippen molar-refractivity contribution in [1.29, 1.82) is 0 Å². The topological polar surface area (TPSA) is 69.0 Å². The highest BCUT2D eigenvalue weighted by Crippen LogP contribution is 2.53. The first kappa shape index (κ1) is 17.2. The Morgan fingerprint density at radius 3 is 2.92 bits per heavy atom. The van der Waals surface area contributed by atoms with E-state index in [9.17, 15) is 4.79 Å². The fourth-order valence-corrected chi connectivity index (χ4v) is 4.61. The zero-order chi connectivity index (χ0) is 18.0. The van der Waals surface area contributed by atoms with Gasteiger partial charge in [0.15, 0.2) is 0 Å². The molecule has 26 heavy (non-hydrogen) atoms. The van der Waals surface area contributed by atoms with Crippen LogP contribution in [-0.2, 0) is 4.74 Å². The van der Waals surface area contributed by atoms with Gasteiger partial charge < -0.3 is 14.6 Å². The van der Waals surface area contributed by atoms with Gasteiger partial charge in [-0.3, -0.25) is 9.78 Å². The molecule has 2 heterocycles. The van der Waals surface area contributed by atoms with Crippen molar-refractivity contribution in [3.8, 4) is 5.69 Å². The van der Waals surface area contributed by atoms with Crippen LogP contribution in [0, 0.1) is 5.41 Å². The molecule has 2 aliphatic carbocycles. The second-order valence-electron chi connectivity index (χ2n) is 7.37. The Labute approximate surface area is 154 Å². The van der Waals surface area contributed by atoms with Crippen molar-refractivity contribution in [2.24, 2.45) is 5.41 Å². The van der Waals surface area contributed by atoms with E-state index in [0.29, 0.717) is 5.69 Å². The Bertz CT molecular complexity index is 753. The summed E-state index contributed by atoms with van der Waals surface area (Å²) in [6.45, 7) is 2.79. The molecule has 6 nitrogen and oxygen atoms in total. The molecule has 1 spiro atoms. The molecule has 2 fully saturated rings. The summed E-state index contributed by atoms with van der Waals surface area (Å²) in [6, 6.07) is 3.87. The third-order valence-electron chi connectivity index (χ3n) is 6.02. The van der Waals surface area contributed by atoms with Gasteiger partial charge in [0.05, 0.1) is 18.1 Å². The average Bonchev–Trinajstić information content (AvgIpc) is 3.23. The Hall–Kier alpha value is -2.21. The van der Waals surface area contributed by atoms with Crippen LogP contribution in [0.5, 0.6) is 0 Å². The van der Waals surface area contributed by atoms with Gasteiger partial charge in [-0.1, -0.05) is 19.3 Å². The monoisotopic (exact) mass is 354 g/mol. The lowest BCUT2D eigenvalue weighted by molar-refractivity contribution is -0.146. The second kappa shape index (κ2) is 7.19. The van der Waals surface area contributed by atoms with Gasteiger partial charge in [0.25, 0.3) is 5.91 Å². The van der Waals surface area contributed by atoms with Crippen molar-refractivity contribution in [2.45, 2.75) is 57.6 Å². The summed E-state index contributed by atoms with van der Waals surface area (Å²) < 4.78 is 7.85. The first-order chi connectivity index (χ1) is 12.7. The molecule has 0 bridgehead atoms. The molecule has 2 aliphatic rings. The number of rotatable bonds is 5. The van der Waals surface area contributed by atoms with E-state index >= 15 is 0 Å². The molecule has 2 unspecified atom stereocenters. The Morgan fingerprint density at radius 1 is 1.35 bits per heavy atom. The lowest BCUT2D eigenvalue weighted by Gasteiger charge is -2.57. The first-order valence-electron chi connectivity index (χ1n) is 9.60. The smallest absolute Gasteiger partial charge is 0.270 e. The summed E-state index contributed by atoms with van der Waals surface area (Å²) in [5, 5.41) is 3.25. The zero-order valence-electron chi connectivity index (χ0n) is 15.2. The minimum absolute atomic E-state index is 0.100. The van der Waals surface area contributed by atoms with Gasteiger partial charge in [-0.2, -0.15) is 0 Å². The van der Waals surface area contributed by atoms with Crippen LogP contribution in [0.2, 0.25) is 0 Å². The largest absolute Gasteiger partial charge is 0.378 e. The van der Waals surface area contributed by atoms with Gasteiger partial charge in [-0.15, -0.1) is 0 Å². The van der Waals surface area contributed by atoms with Crippen molar-refractivity contribution in [3.63, 3.8) is 0 Å². The van der Waals surface area contributed by atoms with E-state index in [4.69, 9.17) is 4.74 Å². The summed E-state index contributed by atoms with van der Waals surface area (Å²) >= 11 is 0. The van der Waals surface area contributed by atoms with Crippen LogP contribution in [0.1, 0.15) is 55.9 Å². The molecule has 2 aromatic heterocycles. The van der Waals surface area contributed by atoms with Crippen molar-refractivity contribution in [1.82, 2.24) is 19.9 Å². The lowest BCUT2D eigenvalue weighted by Crippen LogP contribution is -2.65. The highest BCUT2D eigenvalue weighted by Gasteiger charge is 2.56. The van der Waals surface area contributed by atoms with Crippen molar-refractivity contribution >= 4 is 5.91 Å². The number of hydrogen-bond acceptors (Lipinski definition) is 4. The number of nitrogens with zero attached hydrogens (tertiary/aromatic N) is 3. The van der Waals surface area contributed by atoms with Gasteiger partial charge in [0, 0.05) is 36.7 Å². The number of amides is 1. The number of pyridine rings is 1. The fourth-order valence-electron chi connectivity index (χ4n) is 4.61. The van der Waals surface area contributed by atoms with E-state index in [1.165, 1.54) is 19.3 Å². The number of carbonyl (C=O) groups is 1. The first-order valence-corrected chi connectivity index (χ1v) is 9.60. The van der Waals surface area contributed by atoms with Gasteiger partial charge in [0.2, 0.25) is 0 Å². The normalized spacial score (nSPS) is 24.2. The maximum absolute atomic E-state index is 12.8. The Morgan fingerprint density at radius 2 is 2.19 bits per heavy atom. The minimum Gasteiger partial charge on any atom is -0.378 e. The molecule has 138 valence electrons. The molecular weight excluding hydrogens is 328 g/mol.